The van der Waals surface area contributed by atoms with Crippen LogP contribution in [0.5, 0.6) is 17.2 Å². The number of likely N-dealkylation sites (tertiary alicyclic amines) is 1. The van der Waals surface area contributed by atoms with Crippen molar-refractivity contribution in [2.24, 2.45) is 5.41 Å². The van der Waals surface area contributed by atoms with Gasteiger partial charge in [0.25, 0.3) is 0 Å². The van der Waals surface area contributed by atoms with Gasteiger partial charge < -0.3 is 40.3 Å². The number of nitrogens with one attached hydrogen (secondary N) is 2. The number of aromatic nitrogens is 1. The largest absolute Gasteiger partial charge is 0.508 e. The highest BCUT2D eigenvalue weighted by molar-refractivity contribution is 7.93. The van der Waals surface area contributed by atoms with Crippen LogP contribution < -0.4 is 19.7 Å². The van der Waals surface area contributed by atoms with E-state index in [0.717, 1.165) is 44.0 Å². The summed E-state index contributed by atoms with van der Waals surface area (Å²) in [5, 5.41) is 35.8. The number of amides is 3. The number of hydrogen-bond acceptors (Lipinski definition) is 12. The van der Waals surface area contributed by atoms with Gasteiger partial charge in [-0.3, -0.25) is 18.7 Å². The zero-order chi connectivity index (χ0) is 51.5. The number of aliphatic hydroxyl groups excluding tert-OH is 1. The molecule has 0 saturated carbocycles. The molecule has 7 atom stereocenters. The first kappa shape index (κ1) is 52.1. The van der Waals surface area contributed by atoms with Crippen LogP contribution >= 0.6 is 11.3 Å². The third-order valence-electron chi connectivity index (χ3n) is 13.8. The lowest BCUT2D eigenvalue weighted by atomic mass is 9.83. The van der Waals surface area contributed by atoms with Crippen molar-refractivity contribution in [1.29, 1.82) is 0 Å². The van der Waals surface area contributed by atoms with Crippen LogP contribution in [0.15, 0.2) is 103 Å². The Labute approximate surface area is 426 Å². The van der Waals surface area contributed by atoms with Gasteiger partial charge in [0.1, 0.15) is 40.7 Å². The van der Waals surface area contributed by atoms with E-state index >= 15 is 0 Å². The first-order valence-corrected chi connectivity index (χ1v) is 27.0. The number of aromatic hydroxyl groups is 2. The minimum Gasteiger partial charge on any atom is -0.508 e. The Hall–Kier alpha value is -6.27. The zero-order valence-electron chi connectivity index (χ0n) is 41.6. The average Bonchev–Trinajstić information content (AvgIpc) is 4.17. The number of benzene rings is 4. The Bertz CT molecular complexity index is 2860. The summed E-state index contributed by atoms with van der Waals surface area (Å²) >= 11 is 1.57. The molecule has 382 valence electrons. The number of carbonyl (C=O) groups is 3. The second-order valence-corrected chi connectivity index (χ2v) is 22.9. The molecule has 4 heterocycles. The predicted octanol–water partition coefficient (Wildman–Crippen LogP) is 8.15. The summed E-state index contributed by atoms with van der Waals surface area (Å²) in [5.74, 6) is -0.286. The van der Waals surface area contributed by atoms with Gasteiger partial charge in [-0.2, -0.15) is 0 Å². The number of β-amino-alcohol motifs (C(OH)–C–C–N with tert-alkyl or cyclic N) is 1. The van der Waals surface area contributed by atoms with Crippen LogP contribution in [0.1, 0.15) is 102 Å². The molecule has 3 aliphatic rings. The van der Waals surface area contributed by atoms with Gasteiger partial charge in [0.2, 0.25) is 27.7 Å². The number of carbonyl (C=O) groups excluding carboxylic acids is 3. The highest BCUT2D eigenvalue weighted by Gasteiger charge is 2.54. The minimum atomic E-state index is -3.93. The number of nitrogens with zero attached hydrogens (tertiary/aromatic N) is 3. The van der Waals surface area contributed by atoms with Gasteiger partial charge in [-0.15, -0.1) is 11.3 Å². The molecule has 5 N–H and O–H groups in total. The summed E-state index contributed by atoms with van der Waals surface area (Å²) in [6.07, 6.45) is 0.291. The second kappa shape index (κ2) is 21.8. The number of unbranched alkanes of at least 4 members (excludes halogenated alkanes) is 2. The monoisotopic (exact) mass is 1020 g/mol. The number of ether oxygens (including phenoxy) is 2. The van der Waals surface area contributed by atoms with E-state index in [1.807, 2.05) is 64.4 Å². The van der Waals surface area contributed by atoms with Gasteiger partial charge in [0.15, 0.2) is 0 Å². The number of sulfonamides is 1. The summed E-state index contributed by atoms with van der Waals surface area (Å²) in [6.45, 7) is 11.8. The average molecular weight is 1020 g/mol. The van der Waals surface area contributed by atoms with Crippen molar-refractivity contribution in [2.45, 2.75) is 122 Å². The fraction of sp³-hybridized carbons (Fsp3) is 0.418. The molecule has 3 amide bonds. The Morgan fingerprint density at radius 3 is 2.08 bits per heavy atom. The molecule has 72 heavy (non-hydrogen) atoms. The zero-order valence-corrected chi connectivity index (χ0v) is 43.2. The van der Waals surface area contributed by atoms with E-state index < -0.39 is 57.0 Å². The molecule has 2 bridgehead atoms. The number of fused-ring (bicyclic) bond motifs is 2. The van der Waals surface area contributed by atoms with E-state index in [4.69, 9.17) is 9.47 Å². The number of phenolic OH excluding ortho intramolecular Hbond substituents is 2. The third-order valence-corrected chi connectivity index (χ3v) is 17.1. The van der Waals surface area contributed by atoms with Gasteiger partial charge in [0.05, 0.1) is 46.6 Å². The van der Waals surface area contributed by atoms with Crippen LogP contribution in [0.4, 0.5) is 5.69 Å². The van der Waals surface area contributed by atoms with Crippen molar-refractivity contribution in [1.82, 2.24) is 20.5 Å². The molecule has 0 radical (unpaired) electrons. The molecule has 3 unspecified atom stereocenters. The summed E-state index contributed by atoms with van der Waals surface area (Å²) in [6, 6.07) is 26.1. The summed E-state index contributed by atoms with van der Waals surface area (Å²) in [7, 11) is -3.93. The highest BCUT2D eigenvalue weighted by Crippen LogP contribution is 2.51. The molecular formula is C55H65N5O10S2. The van der Waals surface area contributed by atoms with Crippen LogP contribution in [0.3, 0.4) is 0 Å². The van der Waals surface area contributed by atoms with E-state index in [1.54, 1.807) is 91.1 Å². The SMILES string of the molecule is CCN(c1ccc(OCCCCCC(=O)N[C@H](C(=O)N2C[C@H](O)C[C@H]2C(=O)N[C@@H](C)c2ccc(-c3scnc3C)cc2)C(C)(C)C)cc1)S(=O)(=O)C1CC2OC1C(c1ccc(O)cc1)=C2c1ccc(O)cc1. The van der Waals surface area contributed by atoms with Crippen LogP contribution in [0, 0.1) is 12.3 Å². The lowest BCUT2D eigenvalue weighted by molar-refractivity contribution is -0.144. The van der Waals surface area contributed by atoms with E-state index in [-0.39, 0.29) is 61.7 Å². The molecule has 4 aromatic carbocycles. The van der Waals surface area contributed by atoms with Gasteiger partial charge in [-0.1, -0.05) is 69.3 Å². The van der Waals surface area contributed by atoms with Crippen molar-refractivity contribution < 1.29 is 47.6 Å². The first-order chi connectivity index (χ1) is 34.3. The van der Waals surface area contributed by atoms with Crippen molar-refractivity contribution in [3.63, 3.8) is 0 Å². The highest BCUT2D eigenvalue weighted by atomic mass is 32.2. The van der Waals surface area contributed by atoms with Gasteiger partial charge >= 0.3 is 0 Å². The predicted molar refractivity (Wildman–Crippen MR) is 279 cm³/mol. The first-order valence-electron chi connectivity index (χ1n) is 24.7. The molecule has 2 saturated heterocycles. The molecule has 8 rings (SSSR count). The van der Waals surface area contributed by atoms with Crippen molar-refractivity contribution in [2.75, 3.05) is 24.0 Å². The summed E-state index contributed by atoms with van der Waals surface area (Å²) in [4.78, 5) is 48.0. The molecule has 17 heteroatoms. The lowest BCUT2D eigenvalue weighted by Crippen LogP contribution is -2.57. The van der Waals surface area contributed by atoms with Crippen molar-refractivity contribution >= 4 is 55.9 Å². The molecule has 15 nitrogen and oxygen atoms in total. The van der Waals surface area contributed by atoms with Gasteiger partial charge in [-0.25, -0.2) is 13.4 Å². The lowest BCUT2D eigenvalue weighted by Gasteiger charge is -2.35. The molecule has 0 aliphatic carbocycles. The molecule has 3 aliphatic heterocycles. The fourth-order valence-electron chi connectivity index (χ4n) is 10.0. The van der Waals surface area contributed by atoms with Gasteiger partial charge in [-0.05, 0) is 134 Å². The molecule has 0 spiro atoms. The quantitative estimate of drug-likeness (QED) is 0.0499. The standard InChI is InChI=1S/C55H65N5O10S2/c1-7-60(72(67,68)46-30-45-48(36-16-22-40(61)23-17-36)49(50(46)70-45)37-18-24-41(62)25-19-37)39-20-26-43(27-21-39)69-28-10-8-9-11-47(64)58-52(55(4,5)6)54(66)59-31-42(63)29-44(59)53(65)57-33(2)35-12-14-38(15-13-35)51-34(3)56-32-71-51/h12-27,32-33,42,44-46,50,52,61-63H,7-11,28-31H2,1-6H3,(H,57,65)(H,58,64)/t33-,42+,44-,45?,46?,50?,52+/m0/s1. The Balaban J connectivity index is 0.810. The van der Waals surface area contributed by atoms with E-state index in [2.05, 4.69) is 15.6 Å². The normalized spacial score (nSPS) is 20.6. The number of phenols is 2. The molecule has 5 aromatic rings. The smallest absolute Gasteiger partial charge is 0.246 e. The summed E-state index contributed by atoms with van der Waals surface area (Å²) in [5.41, 5.74) is 7.72. The number of aliphatic hydroxyl groups is 1. The molecule has 2 fully saturated rings. The maximum atomic E-state index is 14.5. The van der Waals surface area contributed by atoms with Crippen molar-refractivity contribution in [3.8, 4) is 27.7 Å². The van der Waals surface area contributed by atoms with E-state index in [1.165, 1.54) is 9.21 Å². The minimum absolute atomic E-state index is 0.0157. The Morgan fingerprint density at radius 1 is 0.861 bits per heavy atom. The van der Waals surface area contributed by atoms with Crippen LogP contribution in [-0.2, 0) is 29.1 Å². The fourth-order valence-corrected chi connectivity index (χ4v) is 12.9. The number of thiazole rings is 1. The van der Waals surface area contributed by atoms with Gasteiger partial charge in [0, 0.05) is 25.9 Å². The van der Waals surface area contributed by atoms with E-state index in [0.29, 0.717) is 37.3 Å². The van der Waals surface area contributed by atoms with E-state index in [9.17, 15) is 38.1 Å². The van der Waals surface area contributed by atoms with Crippen molar-refractivity contribution in [3.05, 3.63) is 125 Å². The summed E-state index contributed by atoms with van der Waals surface area (Å²) < 4.78 is 42.8. The number of rotatable bonds is 19. The molecular weight excluding hydrogens is 955 g/mol. The Morgan fingerprint density at radius 2 is 1.49 bits per heavy atom. The van der Waals surface area contributed by atoms with Crippen LogP contribution in [-0.4, -0.2) is 107 Å². The number of anilines is 1. The van der Waals surface area contributed by atoms with Crippen LogP contribution in [0.25, 0.3) is 21.6 Å². The van der Waals surface area contributed by atoms with Crippen LogP contribution in [0.2, 0.25) is 0 Å². The second-order valence-electron chi connectivity index (χ2n) is 20.0. The maximum Gasteiger partial charge on any atom is 0.246 e. The topological polar surface area (TPSA) is 208 Å². The maximum absolute atomic E-state index is 14.5. The number of hydrogen-bond donors (Lipinski definition) is 5. The molecule has 1 aromatic heterocycles. The third kappa shape index (κ3) is 11.3. The Kier molecular flexibility index (Phi) is 15.8. The number of aryl methyl sites for hydroxylation is 1.